The summed E-state index contributed by atoms with van der Waals surface area (Å²) in [7, 11) is 0. The van der Waals surface area contributed by atoms with Gasteiger partial charge in [-0.2, -0.15) is 10.5 Å². The molecule has 2 aliphatic rings. The molecule has 2 unspecified atom stereocenters. The summed E-state index contributed by atoms with van der Waals surface area (Å²) in [6.07, 6.45) is 0.873. The fraction of sp³-hybridized carbons (Fsp3) is 0.304. The van der Waals surface area contributed by atoms with Crippen LogP contribution in [0, 0.1) is 39.4 Å². The van der Waals surface area contributed by atoms with E-state index in [4.69, 9.17) is 14.6 Å². The number of hydrogen-bond donors (Lipinski definition) is 1. The average molecular weight is 385 g/mol. The number of allylic oxidation sites excluding steroid dienone is 2. The van der Waals surface area contributed by atoms with Crippen LogP contribution in [0.1, 0.15) is 43.9 Å². The smallest absolute Gasteiger partial charge is 0.205 e. The molecule has 1 aromatic carbocycles. The van der Waals surface area contributed by atoms with E-state index in [0.29, 0.717) is 46.8 Å². The van der Waals surface area contributed by atoms with Crippen molar-refractivity contribution in [2.24, 2.45) is 11.3 Å². The highest BCUT2D eigenvalue weighted by atomic mass is 16.5. The van der Waals surface area contributed by atoms with Gasteiger partial charge in [-0.15, -0.1) is 0 Å². The maximum absolute atomic E-state index is 13.0. The van der Waals surface area contributed by atoms with Gasteiger partial charge < -0.3 is 9.15 Å². The first kappa shape index (κ1) is 18.7. The van der Waals surface area contributed by atoms with Gasteiger partial charge in [-0.1, -0.05) is 26.0 Å². The third kappa shape index (κ3) is 3.13. The van der Waals surface area contributed by atoms with Gasteiger partial charge in [0, 0.05) is 24.0 Å². The second-order valence-electron chi connectivity index (χ2n) is 8.19. The van der Waals surface area contributed by atoms with Crippen LogP contribution in [0.2, 0.25) is 0 Å². The summed E-state index contributed by atoms with van der Waals surface area (Å²) in [6, 6.07) is 14.8. The molecule has 6 nitrogen and oxygen atoms in total. The Morgan fingerprint density at radius 3 is 2.62 bits per heavy atom. The van der Waals surface area contributed by atoms with E-state index in [1.165, 1.54) is 0 Å². The summed E-state index contributed by atoms with van der Waals surface area (Å²) in [5.41, 5.74) is 1.28. The van der Waals surface area contributed by atoms with Crippen LogP contribution in [-0.4, -0.2) is 11.7 Å². The van der Waals surface area contributed by atoms with E-state index in [1.54, 1.807) is 30.3 Å². The minimum atomic E-state index is -0.941. The van der Waals surface area contributed by atoms with Gasteiger partial charge in [0.1, 0.15) is 23.2 Å². The first-order chi connectivity index (χ1) is 13.8. The highest BCUT2D eigenvalue weighted by molar-refractivity contribution is 6.01. The lowest BCUT2D eigenvalue weighted by Gasteiger charge is -2.38. The van der Waals surface area contributed by atoms with Gasteiger partial charge in [-0.05, 0) is 29.7 Å². The van der Waals surface area contributed by atoms with Crippen molar-refractivity contribution in [3.63, 3.8) is 0 Å². The number of nitriles is 2. The van der Waals surface area contributed by atoms with E-state index in [0.717, 1.165) is 0 Å². The van der Waals surface area contributed by atoms with Crippen LogP contribution in [0.4, 0.5) is 0 Å². The van der Waals surface area contributed by atoms with E-state index in [2.05, 4.69) is 12.1 Å². The summed E-state index contributed by atoms with van der Waals surface area (Å²) >= 11 is 0. The van der Waals surface area contributed by atoms with Crippen molar-refractivity contribution in [1.29, 1.82) is 15.9 Å². The van der Waals surface area contributed by atoms with E-state index in [-0.39, 0.29) is 17.1 Å². The first-order valence-corrected chi connectivity index (χ1v) is 9.36. The monoisotopic (exact) mass is 385 g/mol. The highest BCUT2D eigenvalue weighted by Gasteiger charge is 2.47. The Balaban J connectivity index is 1.83. The Morgan fingerprint density at radius 1 is 1.14 bits per heavy atom. The molecule has 2 atom stereocenters. The lowest BCUT2D eigenvalue weighted by molar-refractivity contribution is -0.119. The molecule has 0 saturated heterocycles. The maximum Gasteiger partial charge on any atom is 0.205 e. The van der Waals surface area contributed by atoms with Gasteiger partial charge >= 0.3 is 0 Å². The Kier molecular flexibility index (Phi) is 4.36. The van der Waals surface area contributed by atoms with E-state index < -0.39 is 11.8 Å². The van der Waals surface area contributed by atoms with E-state index >= 15 is 0 Å². The molecule has 4 rings (SSSR count). The Hall–Kier alpha value is -3.64. The van der Waals surface area contributed by atoms with Crippen LogP contribution in [0.3, 0.4) is 0 Å². The molecule has 0 saturated carbocycles. The lowest BCUT2D eigenvalue weighted by atomic mass is 9.69. The molecule has 0 fully saturated rings. The fourth-order valence-electron chi connectivity index (χ4n) is 4.13. The number of rotatable bonds is 2. The van der Waals surface area contributed by atoms with Crippen molar-refractivity contribution in [3.8, 4) is 23.5 Å². The van der Waals surface area contributed by atoms with Crippen molar-refractivity contribution in [2.75, 3.05) is 0 Å². The maximum atomic E-state index is 13.0. The third-order valence-electron chi connectivity index (χ3n) is 5.42. The van der Waals surface area contributed by atoms with E-state index in [1.807, 2.05) is 19.9 Å². The van der Waals surface area contributed by atoms with Gasteiger partial charge in [0.15, 0.2) is 5.78 Å². The molecule has 0 amide bonds. The molecule has 1 aliphatic carbocycles. The highest BCUT2D eigenvalue weighted by Crippen LogP contribution is 2.48. The summed E-state index contributed by atoms with van der Waals surface area (Å²) in [6.45, 7) is 3.97. The predicted molar refractivity (Wildman–Crippen MR) is 105 cm³/mol. The van der Waals surface area contributed by atoms with Crippen molar-refractivity contribution < 1.29 is 13.9 Å². The first-order valence-electron chi connectivity index (χ1n) is 9.36. The third-order valence-corrected chi connectivity index (χ3v) is 5.42. The number of hydrogen-bond acceptors (Lipinski definition) is 6. The number of nitrogens with zero attached hydrogens (tertiary/aromatic N) is 2. The molecule has 6 heteroatoms. The van der Waals surface area contributed by atoms with E-state index in [9.17, 15) is 15.3 Å². The topological polar surface area (TPSA) is 111 Å². The normalized spacial score (nSPS) is 23.0. The quantitative estimate of drug-likeness (QED) is 0.806. The zero-order valence-corrected chi connectivity index (χ0v) is 16.2. The zero-order valence-electron chi connectivity index (χ0n) is 16.2. The van der Waals surface area contributed by atoms with Crippen molar-refractivity contribution in [3.05, 3.63) is 59.1 Å². The molecule has 2 aromatic rings. The van der Waals surface area contributed by atoms with Crippen LogP contribution in [0.15, 0.2) is 52.1 Å². The molecule has 1 aliphatic heterocycles. The van der Waals surface area contributed by atoms with Crippen molar-refractivity contribution in [1.82, 2.24) is 0 Å². The molecule has 29 heavy (non-hydrogen) atoms. The Bertz CT molecular complexity index is 1140. The molecule has 144 valence electrons. The number of carbonyl (C=O) groups excluding carboxylic acids is 1. The minimum Gasteiger partial charge on any atom is -0.460 e. The second kappa shape index (κ2) is 6.76. The summed E-state index contributed by atoms with van der Waals surface area (Å²) in [5.74, 6) is -0.512. The Morgan fingerprint density at radius 2 is 1.90 bits per heavy atom. The largest absolute Gasteiger partial charge is 0.460 e. The number of furan rings is 1. The summed E-state index contributed by atoms with van der Waals surface area (Å²) in [5, 5.41) is 27.2. The summed E-state index contributed by atoms with van der Waals surface area (Å²) in [4.78, 5) is 13.0. The number of ether oxygens (including phenoxy) is 1. The average Bonchev–Trinajstić information content (AvgIpc) is 3.15. The number of Topliss-reactive ketones (excluding diaryl/α,β-unsaturated/α-hetero) is 1. The molecule has 0 radical (unpaired) electrons. The van der Waals surface area contributed by atoms with Gasteiger partial charge in [0.25, 0.3) is 0 Å². The van der Waals surface area contributed by atoms with Crippen LogP contribution in [0.25, 0.3) is 11.3 Å². The predicted octanol–water partition coefficient (Wildman–Crippen LogP) is 4.69. The van der Waals surface area contributed by atoms with Crippen LogP contribution in [-0.2, 0) is 9.53 Å². The van der Waals surface area contributed by atoms with Crippen LogP contribution < -0.4 is 0 Å². The lowest BCUT2D eigenvalue weighted by Crippen LogP contribution is -2.38. The van der Waals surface area contributed by atoms with Gasteiger partial charge in [-0.3, -0.25) is 10.2 Å². The van der Waals surface area contributed by atoms with Gasteiger partial charge in [0.05, 0.1) is 23.6 Å². The molecule has 0 bridgehead atoms. The number of ketones is 1. The molecule has 2 heterocycles. The minimum absolute atomic E-state index is 0.0793. The SMILES string of the molecule is CC1(C)CC(=O)C2=C(C1)OC(=N)C(C#N)C2c1ccc(-c2ccccc2C#N)o1. The standard InChI is InChI=1S/C23H19N3O3/c1-23(2)9-16(27)21-19(10-23)29-22(26)15(12-25)20(21)18-8-7-17(28-18)14-6-4-3-5-13(14)11-24/h3-8,15,20,26H,9-10H2,1-2H3. The molecular formula is C23H19N3O3. The van der Waals surface area contributed by atoms with Crippen LogP contribution in [0.5, 0.6) is 0 Å². The van der Waals surface area contributed by atoms with Crippen molar-refractivity contribution >= 4 is 11.7 Å². The molecule has 0 spiro atoms. The van der Waals surface area contributed by atoms with Gasteiger partial charge in [0.2, 0.25) is 5.90 Å². The molecule has 1 N–H and O–H groups in total. The molecular weight excluding hydrogens is 366 g/mol. The van der Waals surface area contributed by atoms with Crippen molar-refractivity contribution in [2.45, 2.75) is 32.6 Å². The second-order valence-corrected chi connectivity index (χ2v) is 8.19. The molecule has 1 aromatic heterocycles. The number of nitrogens with one attached hydrogen (secondary N) is 1. The number of benzene rings is 1. The number of carbonyl (C=O) groups is 1. The van der Waals surface area contributed by atoms with Gasteiger partial charge in [-0.25, -0.2) is 0 Å². The Labute approximate surface area is 168 Å². The summed E-state index contributed by atoms with van der Waals surface area (Å²) < 4.78 is 11.7. The van der Waals surface area contributed by atoms with Crippen LogP contribution >= 0.6 is 0 Å². The fourth-order valence-corrected chi connectivity index (χ4v) is 4.13. The zero-order chi connectivity index (χ0) is 20.8.